The molecule has 2 aromatic heterocycles. The standard InChI is InChI=1S/C15H9BrCl2N2S/c1-8-6-7-11(21-8)15-19-13(17)12(14(18)20-15)9-4-2-3-5-10(9)16/h2-7H,1H3. The minimum Gasteiger partial charge on any atom is -0.215 e. The van der Waals surface area contributed by atoms with Gasteiger partial charge in [-0.1, -0.05) is 57.3 Å². The molecule has 0 fully saturated rings. The van der Waals surface area contributed by atoms with Crippen molar-refractivity contribution in [1.82, 2.24) is 9.97 Å². The van der Waals surface area contributed by atoms with Gasteiger partial charge in [0.05, 0.1) is 10.4 Å². The van der Waals surface area contributed by atoms with E-state index < -0.39 is 0 Å². The summed E-state index contributed by atoms with van der Waals surface area (Å²) in [4.78, 5) is 10.9. The molecule has 0 radical (unpaired) electrons. The van der Waals surface area contributed by atoms with E-state index in [0.29, 0.717) is 21.7 Å². The minimum atomic E-state index is 0.350. The number of benzene rings is 1. The van der Waals surface area contributed by atoms with Crippen LogP contribution in [0.4, 0.5) is 0 Å². The van der Waals surface area contributed by atoms with Gasteiger partial charge in [0.1, 0.15) is 10.3 Å². The van der Waals surface area contributed by atoms with E-state index in [1.807, 2.05) is 43.3 Å². The minimum absolute atomic E-state index is 0.350. The highest BCUT2D eigenvalue weighted by Crippen LogP contribution is 2.38. The van der Waals surface area contributed by atoms with Gasteiger partial charge < -0.3 is 0 Å². The van der Waals surface area contributed by atoms with Crippen LogP contribution in [0, 0.1) is 6.92 Å². The third-order valence-corrected chi connectivity index (χ3v) is 5.16. The van der Waals surface area contributed by atoms with Crippen molar-refractivity contribution >= 4 is 50.5 Å². The first-order valence-electron chi connectivity index (χ1n) is 6.11. The van der Waals surface area contributed by atoms with Crippen LogP contribution >= 0.6 is 50.5 Å². The molecule has 21 heavy (non-hydrogen) atoms. The molecule has 0 unspecified atom stereocenters. The van der Waals surface area contributed by atoms with Crippen LogP contribution in [-0.4, -0.2) is 9.97 Å². The van der Waals surface area contributed by atoms with E-state index in [4.69, 9.17) is 23.2 Å². The second-order valence-corrected chi connectivity index (χ2v) is 7.25. The zero-order valence-corrected chi connectivity index (χ0v) is 14.8. The first kappa shape index (κ1) is 15.0. The predicted octanol–water partition coefficient (Wildman–Crippen LogP) is 6.25. The quantitative estimate of drug-likeness (QED) is 0.476. The maximum atomic E-state index is 6.35. The van der Waals surface area contributed by atoms with Crippen LogP contribution in [-0.2, 0) is 0 Å². The van der Waals surface area contributed by atoms with Gasteiger partial charge in [-0.25, -0.2) is 9.97 Å². The Morgan fingerprint density at radius 3 is 2.24 bits per heavy atom. The van der Waals surface area contributed by atoms with Gasteiger partial charge in [0, 0.05) is 14.9 Å². The van der Waals surface area contributed by atoms with Crippen molar-refractivity contribution in [2.75, 3.05) is 0 Å². The third-order valence-electron chi connectivity index (χ3n) is 2.92. The molecule has 0 spiro atoms. The molecule has 2 heterocycles. The van der Waals surface area contributed by atoms with Gasteiger partial charge in [0.25, 0.3) is 0 Å². The van der Waals surface area contributed by atoms with Gasteiger partial charge in [-0.2, -0.15) is 0 Å². The number of rotatable bonds is 2. The van der Waals surface area contributed by atoms with E-state index in [0.717, 1.165) is 14.9 Å². The summed E-state index contributed by atoms with van der Waals surface area (Å²) in [5.41, 5.74) is 1.52. The Bertz CT molecular complexity index is 794. The second-order valence-electron chi connectivity index (χ2n) is 4.39. The molecular formula is C15H9BrCl2N2S. The molecule has 0 N–H and O–H groups in total. The van der Waals surface area contributed by atoms with Crippen LogP contribution in [0.3, 0.4) is 0 Å². The number of thiophene rings is 1. The molecule has 0 bridgehead atoms. The number of aromatic nitrogens is 2. The fourth-order valence-electron chi connectivity index (χ4n) is 1.96. The summed E-state index contributed by atoms with van der Waals surface area (Å²) in [6.45, 7) is 2.03. The number of hydrogen-bond donors (Lipinski definition) is 0. The molecule has 0 aliphatic carbocycles. The zero-order valence-electron chi connectivity index (χ0n) is 10.9. The fraction of sp³-hybridized carbons (Fsp3) is 0.0667. The van der Waals surface area contributed by atoms with E-state index in [1.54, 1.807) is 11.3 Å². The number of halogens is 3. The highest BCUT2D eigenvalue weighted by molar-refractivity contribution is 9.10. The van der Waals surface area contributed by atoms with Gasteiger partial charge in [-0.3, -0.25) is 0 Å². The van der Waals surface area contributed by atoms with Gasteiger partial charge in [0.15, 0.2) is 5.82 Å². The van der Waals surface area contributed by atoms with Crippen molar-refractivity contribution < 1.29 is 0 Å². The van der Waals surface area contributed by atoms with E-state index in [2.05, 4.69) is 25.9 Å². The van der Waals surface area contributed by atoms with Crippen LogP contribution < -0.4 is 0 Å². The molecule has 0 aliphatic heterocycles. The lowest BCUT2D eigenvalue weighted by atomic mass is 10.1. The fourth-order valence-corrected chi connectivity index (χ4v) is 3.83. The number of nitrogens with zero attached hydrogens (tertiary/aromatic N) is 2. The van der Waals surface area contributed by atoms with Crippen LogP contribution in [0.15, 0.2) is 40.9 Å². The van der Waals surface area contributed by atoms with Gasteiger partial charge >= 0.3 is 0 Å². The smallest absolute Gasteiger partial charge is 0.172 e. The molecule has 0 atom stereocenters. The Labute approximate surface area is 144 Å². The molecule has 0 aliphatic rings. The molecule has 106 valence electrons. The second kappa shape index (κ2) is 6.05. The Morgan fingerprint density at radius 1 is 1.00 bits per heavy atom. The summed E-state index contributed by atoms with van der Waals surface area (Å²) < 4.78 is 0.900. The maximum Gasteiger partial charge on any atom is 0.172 e. The normalized spacial score (nSPS) is 10.9. The lowest BCUT2D eigenvalue weighted by molar-refractivity contribution is 1.19. The van der Waals surface area contributed by atoms with Crippen molar-refractivity contribution in [3.63, 3.8) is 0 Å². The van der Waals surface area contributed by atoms with Crippen LogP contribution in [0.5, 0.6) is 0 Å². The summed E-state index contributed by atoms with van der Waals surface area (Å²) in [6.07, 6.45) is 0. The third kappa shape index (κ3) is 2.99. The molecule has 6 heteroatoms. The Hall–Kier alpha value is -0.940. The Balaban J connectivity index is 2.15. The molecule has 0 saturated heterocycles. The van der Waals surface area contributed by atoms with E-state index in [1.165, 1.54) is 4.88 Å². The van der Waals surface area contributed by atoms with Crippen molar-refractivity contribution in [2.24, 2.45) is 0 Å². The molecule has 1 aromatic carbocycles. The van der Waals surface area contributed by atoms with E-state index in [-0.39, 0.29) is 0 Å². The van der Waals surface area contributed by atoms with Crippen molar-refractivity contribution in [1.29, 1.82) is 0 Å². The Morgan fingerprint density at radius 2 is 1.67 bits per heavy atom. The lowest BCUT2D eigenvalue weighted by Crippen LogP contribution is -1.94. The van der Waals surface area contributed by atoms with Gasteiger partial charge in [0.2, 0.25) is 0 Å². The molecule has 0 saturated carbocycles. The van der Waals surface area contributed by atoms with E-state index >= 15 is 0 Å². The SMILES string of the molecule is Cc1ccc(-c2nc(Cl)c(-c3ccccc3Br)c(Cl)n2)s1. The average Bonchev–Trinajstić information content (AvgIpc) is 2.87. The molecule has 3 aromatic rings. The van der Waals surface area contributed by atoms with Crippen molar-refractivity contribution in [3.8, 4) is 21.8 Å². The zero-order chi connectivity index (χ0) is 15.0. The maximum absolute atomic E-state index is 6.35. The number of hydrogen-bond acceptors (Lipinski definition) is 3. The van der Waals surface area contributed by atoms with Crippen molar-refractivity contribution in [3.05, 3.63) is 56.1 Å². The summed E-state index contributed by atoms with van der Waals surface area (Å²) in [5, 5.41) is 0.700. The van der Waals surface area contributed by atoms with Crippen LogP contribution in [0.1, 0.15) is 4.88 Å². The first-order chi connectivity index (χ1) is 10.1. The summed E-state index contributed by atoms with van der Waals surface area (Å²) in [7, 11) is 0. The monoisotopic (exact) mass is 398 g/mol. The molecule has 0 amide bonds. The Kier molecular flexibility index (Phi) is 4.31. The average molecular weight is 400 g/mol. The van der Waals surface area contributed by atoms with Crippen LogP contribution in [0.2, 0.25) is 10.3 Å². The summed E-state index contributed by atoms with van der Waals surface area (Å²) in [6, 6.07) is 11.7. The highest BCUT2D eigenvalue weighted by atomic mass is 79.9. The molecular weight excluding hydrogens is 391 g/mol. The van der Waals surface area contributed by atoms with Crippen LogP contribution in [0.25, 0.3) is 21.8 Å². The van der Waals surface area contributed by atoms with E-state index in [9.17, 15) is 0 Å². The lowest BCUT2D eigenvalue weighted by Gasteiger charge is -2.09. The molecule has 3 rings (SSSR count). The summed E-state index contributed by atoms with van der Waals surface area (Å²) in [5.74, 6) is 0.555. The highest BCUT2D eigenvalue weighted by Gasteiger charge is 2.17. The van der Waals surface area contributed by atoms with Gasteiger partial charge in [-0.15, -0.1) is 11.3 Å². The largest absolute Gasteiger partial charge is 0.215 e. The van der Waals surface area contributed by atoms with Crippen molar-refractivity contribution in [2.45, 2.75) is 6.92 Å². The topological polar surface area (TPSA) is 25.8 Å². The summed E-state index contributed by atoms with van der Waals surface area (Å²) >= 11 is 17.8. The predicted molar refractivity (Wildman–Crippen MR) is 93.2 cm³/mol. The number of aryl methyl sites for hydroxylation is 1. The first-order valence-corrected chi connectivity index (χ1v) is 8.47. The van der Waals surface area contributed by atoms with Gasteiger partial charge in [-0.05, 0) is 25.1 Å². The molecule has 2 nitrogen and oxygen atoms in total.